The minimum absolute atomic E-state index is 0.136. The zero-order valence-corrected chi connectivity index (χ0v) is 9.93. The van der Waals surface area contributed by atoms with Crippen molar-refractivity contribution >= 4 is 23.1 Å². The number of alkyl halides is 3. The summed E-state index contributed by atoms with van der Waals surface area (Å²) in [6.45, 7) is 0. The normalized spacial score (nSPS) is 11.4. The maximum Gasteiger partial charge on any atom is 0.421 e. The van der Waals surface area contributed by atoms with Crippen molar-refractivity contribution in [3.63, 3.8) is 0 Å². The number of anilines is 2. The minimum Gasteiger partial charge on any atom is -0.337 e. The summed E-state index contributed by atoms with van der Waals surface area (Å²) in [4.78, 5) is 6.70. The lowest BCUT2D eigenvalue weighted by Crippen LogP contribution is -2.11. The second-order valence-electron chi connectivity index (χ2n) is 3.50. The molecular formula is C11H6ClF4N3. The maximum atomic E-state index is 13.4. The van der Waals surface area contributed by atoms with Crippen LogP contribution in [0.15, 0.2) is 30.5 Å². The van der Waals surface area contributed by atoms with Crippen molar-refractivity contribution in [3.8, 4) is 0 Å². The van der Waals surface area contributed by atoms with Crippen LogP contribution >= 0.6 is 11.6 Å². The molecule has 1 aromatic heterocycles. The van der Waals surface area contributed by atoms with E-state index in [1.54, 1.807) is 0 Å². The van der Waals surface area contributed by atoms with Crippen molar-refractivity contribution in [2.45, 2.75) is 6.18 Å². The Labute approximate surface area is 110 Å². The van der Waals surface area contributed by atoms with Crippen LogP contribution in [0, 0.1) is 5.82 Å². The third-order valence-corrected chi connectivity index (χ3v) is 2.37. The van der Waals surface area contributed by atoms with Crippen LogP contribution in [-0.2, 0) is 6.18 Å². The van der Waals surface area contributed by atoms with Crippen LogP contribution in [0.1, 0.15) is 5.56 Å². The molecule has 1 heterocycles. The molecule has 0 bridgehead atoms. The summed E-state index contributed by atoms with van der Waals surface area (Å²) in [7, 11) is 0. The Morgan fingerprint density at radius 2 is 1.84 bits per heavy atom. The van der Waals surface area contributed by atoms with Gasteiger partial charge in [-0.2, -0.15) is 18.2 Å². The molecule has 100 valence electrons. The van der Waals surface area contributed by atoms with Gasteiger partial charge in [-0.3, -0.25) is 0 Å². The van der Waals surface area contributed by atoms with Gasteiger partial charge in [0, 0.05) is 6.20 Å². The summed E-state index contributed by atoms with van der Waals surface area (Å²) >= 11 is 5.45. The monoisotopic (exact) mass is 291 g/mol. The van der Waals surface area contributed by atoms with Crippen LogP contribution in [0.4, 0.5) is 29.1 Å². The Morgan fingerprint density at radius 3 is 2.47 bits per heavy atom. The van der Waals surface area contributed by atoms with E-state index in [9.17, 15) is 17.6 Å². The number of benzene rings is 1. The number of rotatable bonds is 2. The molecule has 2 aromatic rings. The molecule has 0 amide bonds. The molecule has 1 aromatic carbocycles. The quantitative estimate of drug-likeness (QED) is 0.670. The second kappa shape index (κ2) is 5.00. The van der Waals surface area contributed by atoms with Gasteiger partial charge in [0.25, 0.3) is 0 Å². The zero-order valence-electron chi connectivity index (χ0n) is 9.17. The van der Waals surface area contributed by atoms with Gasteiger partial charge in [0.1, 0.15) is 17.2 Å². The number of nitrogens with zero attached hydrogens (tertiary/aromatic N) is 2. The van der Waals surface area contributed by atoms with E-state index in [0.29, 0.717) is 6.20 Å². The molecular weight excluding hydrogens is 286 g/mol. The lowest BCUT2D eigenvalue weighted by Gasteiger charge is -2.13. The third-order valence-electron chi connectivity index (χ3n) is 2.19. The van der Waals surface area contributed by atoms with Gasteiger partial charge in [0.15, 0.2) is 0 Å². The average Bonchev–Trinajstić information content (AvgIpc) is 2.30. The van der Waals surface area contributed by atoms with Gasteiger partial charge in [0.05, 0.1) is 5.69 Å². The summed E-state index contributed by atoms with van der Waals surface area (Å²) in [6.07, 6.45) is -4.13. The van der Waals surface area contributed by atoms with Crippen LogP contribution in [0.3, 0.4) is 0 Å². The van der Waals surface area contributed by atoms with Gasteiger partial charge in [-0.15, -0.1) is 0 Å². The Bertz CT molecular complexity index is 601. The predicted molar refractivity (Wildman–Crippen MR) is 61.7 cm³/mol. The fourth-order valence-corrected chi connectivity index (χ4v) is 1.49. The standard InChI is InChI=1S/C11H6ClF4N3/c12-10-17-5-6(11(14,15)16)9(19-10)18-8-4-2-1-3-7(8)13/h1-5H,(H,17,18,19). The molecule has 0 aliphatic heterocycles. The first-order chi connectivity index (χ1) is 8.88. The van der Waals surface area contributed by atoms with Crippen molar-refractivity contribution < 1.29 is 17.6 Å². The van der Waals surface area contributed by atoms with Crippen molar-refractivity contribution in [2.24, 2.45) is 0 Å². The van der Waals surface area contributed by atoms with Gasteiger partial charge < -0.3 is 5.32 Å². The molecule has 19 heavy (non-hydrogen) atoms. The van der Waals surface area contributed by atoms with Crippen LogP contribution in [-0.4, -0.2) is 9.97 Å². The summed E-state index contributed by atoms with van der Waals surface area (Å²) in [6, 6.07) is 5.28. The highest BCUT2D eigenvalue weighted by Gasteiger charge is 2.35. The molecule has 0 unspecified atom stereocenters. The van der Waals surface area contributed by atoms with Crippen molar-refractivity contribution in [1.82, 2.24) is 9.97 Å². The first kappa shape index (κ1) is 13.5. The molecule has 0 spiro atoms. The maximum absolute atomic E-state index is 13.4. The van der Waals surface area contributed by atoms with Crippen LogP contribution in [0.25, 0.3) is 0 Å². The molecule has 0 saturated heterocycles. The highest BCUT2D eigenvalue weighted by atomic mass is 35.5. The molecule has 0 aliphatic rings. The Hall–Kier alpha value is -1.89. The SMILES string of the molecule is Fc1ccccc1Nc1nc(Cl)ncc1C(F)(F)F. The first-order valence-electron chi connectivity index (χ1n) is 4.99. The summed E-state index contributed by atoms with van der Waals surface area (Å²) in [5.41, 5.74) is -1.26. The predicted octanol–water partition coefficient (Wildman–Crippen LogP) is 4.03. The average molecular weight is 292 g/mol. The number of halogens is 5. The van der Waals surface area contributed by atoms with Gasteiger partial charge in [-0.05, 0) is 23.7 Å². The summed E-state index contributed by atoms with van der Waals surface area (Å²) in [5.74, 6) is -1.30. The summed E-state index contributed by atoms with van der Waals surface area (Å²) in [5, 5.41) is 1.89. The van der Waals surface area contributed by atoms with Gasteiger partial charge in [-0.1, -0.05) is 12.1 Å². The zero-order chi connectivity index (χ0) is 14.0. The van der Waals surface area contributed by atoms with Crippen molar-refractivity contribution in [2.75, 3.05) is 5.32 Å². The van der Waals surface area contributed by atoms with Gasteiger partial charge >= 0.3 is 6.18 Å². The first-order valence-corrected chi connectivity index (χ1v) is 5.37. The number of nitrogens with one attached hydrogen (secondary N) is 1. The third kappa shape index (κ3) is 3.11. The molecule has 0 atom stereocenters. The minimum atomic E-state index is -4.67. The van der Waals surface area contributed by atoms with E-state index in [1.165, 1.54) is 18.2 Å². The fraction of sp³-hybridized carbons (Fsp3) is 0.0909. The van der Waals surface area contributed by atoms with E-state index in [4.69, 9.17) is 11.6 Å². The fourth-order valence-electron chi connectivity index (χ4n) is 1.35. The topological polar surface area (TPSA) is 37.8 Å². The number of para-hydroxylation sites is 1. The Morgan fingerprint density at radius 1 is 1.16 bits per heavy atom. The van der Waals surface area contributed by atoms with Crippen LogP contribution in [0.2, 0.25) is 5.28 Å². The highest BCUT2D eigenvalue weighted by molar-refractivity contribution is 6.28. The van der Waals surface area contributed by atoms with Crippen LogP contribution in [0.5, 0.6) is 0 Å². The highest BCUT2D eigenvalue weighted by Crippen LogP contribution is 2.35. The molecule has 0 radical (unpaired) electrons. The van der Waals surface area contributed by atoms with E-state index in [0.717, 1.165) is 6.07 Å². The smallest absolute Gasteiger partial charge is 0.337 e. The lowest BCUT2D eigenvalue weighted by atomic mass is 10.2. The van der Waals surface area contributed by atoms with Gasteiger partial charge in [-0.25, -0.2) is 9.37 Å². The largest absolute Gasteiger partial charge is 0.421 e. The Kier molecular flexibility index (Phi) is 3.57. The molecule has 8 heteroatoms. The summed E-state index contributed by atoms with van der Waals surface area (Å²) < 4.78 is 51.6. The van der Waals surface area contributed by atoms with E-state index < -0.39 is 23.4 Å². The van der Waals surface area contributed by atoms with Gasteiger partial charge in [0.2, 0.25) is 5.28 Å². The molecule has 1 N–H and O–H groups in total. The Balaban J connectivity index is 2.45. The van der Waals surface area contributed by atoms with Crippen molar-refractivity contribution in [3.05, 3.63) is 47.1 Å². The van der Waals surface area contributed by atoms with E-state index >= 15 is 0 Å². The van der Waals surface area contributed by atoms with Crippen LogP contribution < -0.4 is 5.32 Å². The van der Waals surface area contributed by atoms with E-state index in [1.807, 2.05) is 0 Å². The lowest BCUT2D eigenvalue weighted by molar-refractivity contribution is -0.137. The molecule has 0 fully saturated rings. The number of aromatic nitrogens is 2. The second-order valence-corrected chi connectivity index (χ2v) is 3.84. The molecule has 3 nitrogen and oxygen atoms in total. The molecule has 0 saturated carbocycles. The molecule has 2 rings (SSSR count). The van der Waals surface area contributed by atoms with Crippen molar-refractivity contribution in [1.29, 1.82) is 0 Å². The van der Waals surface area contributed by atoms with E-state index in [-0.39, 0.29) is 11.0 Å². The molecule has 0 aliphatic carbocycles. The number of hydrogen-bond donors (Lipinski definition) is 1. The number of hydrogen-bond acceptors (Lipinski definition) is 3. The van der Waals surface area contributed by atoms with E-state index in [2.05, 4.69) is 15.3 Å².